The van der Waals surface area contributed by atoms with Crippen LogP contribution in [0.1, 0.15) is 32.1 Å². The molecule has 2 N–H and O–H groups in total. The number of nitro groups is 1. The Balaban J connectivity index is 1.66. The summed E-state index contributed by atoms with van der Waals surface area (Å²) in [5.74, 6) is 0.0525. The third-order valence-electron chi connectivity index (χ3n) is 5.06. The molecule has 1 saturated carbocycles. The molecular weight excluding hydrogens is 387 g/mol. The van der Waals surface area contributed by atoms with Crippen molar-refractivity contribution in [2.24, 2.45) is 0 Å². The number of benzene rings is 1. The Morgan fingerprint density at radius 3 is 2.53 bits per heavy atom. The standard InChI is InChI=1S/C21H21FN6O2/c22-17-7-6-16(12-19(17)28(29)30)24-20-13-18(14-8-10-23-11-9-14)26-21(27-20)25-15-4-2-1-3-5-15/h6-13,15H,1-5H2,(H2,24,25,26,27). The van der Waals surface area contributed by atoms with Gasteiger partial charge in [-0.1, -0.05) is 19.3 Å². The van der Waals surface area contributed by atoms with Crippen LogP contribution in [-0.4, -0.2) is 25.9 Å². The third kappa shape index (κ3) is 4.68. The predicted octanol–water partition coefficient (Wildman–Crippen LogP) is 5.07. The van der Waals surface area contributed by atoms with Gasteiger partial charge in [-0.3, -0.25) is 15.1 Å². The molecule has 1 aromatic carbocycles. The number of halogens is 1. The molecule has 0 atom stereocenters. The molecule has 4 rings (SSSR count). The average Bonchev–Trinajstić information content (AvgIpc) is 2.76. The van der Waals surface area contributed by atoms with Gasteiger partial charge in [0.25, 0.3) is 0 Å². The topological polar surface area (TPSA) is 106 Å². The van der Waals surface area contributed by atoms with Gasteiger partial charge in [0.2, 0.25) is 11.8 Å². The zero-order chi connectivity index (χ0) is 20.9. The van der Waals surface area contributed by atoms with Crippen LogP contribution in [0.25, 0.3) is 11.3 Å². The maximum Gasteiger partial charge on any atom is 0.306 e. The van der Waals surface area contributed by atoms with Crippen molar-refractivity contribution in [3.05, 3.63) is 64.7 Å². The van der Waals surface area contributed by atoms with Crippen molar-refractivity contribution in [2.75, 3.05) is 10.6 Å². The lowest BCUT2D eigenvalue weighted by atomic mass is 9.96. The normalized spacial score (nSPS) is 14.3. The van der Waals surface area contributed by atoms with Gasteiger partial charge in [-0.15, -0.1) is 0 Å². The van der Waals surface area contributed by atoms with E-state index >= 15 is 0 Å². The molecule has 9 heteroatoms. The zero-order valence-corrected chi connectivity index (χ0v) is 16.2. The molecule has 8 nitrogen and oxygen atoms in total. The quantitative estimate of drug-likeness (QED) is 0.433. The van der Waals surface area contributed by atoms with E-state index in [1.807, 2.05) is 12.1 Å². The molecule has 0 saturated heterocycles. The van der Waals surface area contributed by atoms with Crippen LogP contribution in [-0.2, 0) is 0 Å². The van der Waals surface area contributed by atoms with E-state index in [9.17, 15) is 14.5 Å². The summed E-state index contributed by atoms with van der Waals surface area (Å²) in [5, 5.41) is 17.5. The first kappa shape index (κ1) is 19.7. The molecular formula is C21H21FN6O2. The number of anilines is 3. The summed E-state index contributed by atoms with van der Waals surface area (Å²) in [5.41, 5.74) is 1.33. The first-order valence-corrected chi connectivity index (χ1v) is 9.85. The van der Waals surface area contributed by atoms with Gasteiger partial charge in [-0.05, 0) is 37.1 Å². The molecule has 3 aromatic rings. The summed E-state index contributed by atoms with van der Waals surface area (Å²) in [6.07, 6.45) is 9.08. The molecule has 0 spiro atoms. The second kappa shape index (κ2) is 8.81. The number of nitro benzene ring substituents is 1. The second-order valence-electron chi connectivity index (χ2n) is 7.23. The minimum Gasteiger partial charge on any atom is -0.351 e. The molecule has 2 aromatic heterocycles. The highest BCUT2D eigenvalue weighted by Gasteiger charge is 2.17. The number of nitrogens with one attached hydrogen (secondary N) is 2. The van der Waals surface area contributed by atoms with E-state index in [-0.39, 0.29) is 0 Å². The van der Waals surface area contributed by atoms with E-state index in [4.69, 9.17) is 0 Å². The van der Waals surface area contributed by atoms with Gasteiger partial charge in [0.15, 0.2) is 0 Å². The maximum absolute atomic E-state index is 13.7. The van der Waals surface area contributed by atoms with Crippen LogP contribution in [0.4, 0.5) is 27.5 Å². The van der Waals surface area contributed by atoms with Gasteiger partial charge in [-0.25, -0.2) is 4.98 Å². The van der Waals surface area contributed by atoms with Gasteiger partial charge in [0.05, 0.1) is 10.6 Å². The highest BCUT2D eigenvalue weighted by Crippen LogP contribution is 2.28. The highest BCUT2D eigenvalue weighted by atomic mass is 19.1. The first-order chi connectivity index (χ1) is 14.6. The maximum atomic E-state index is 13.7. The van der Waals surface area contributed by atoms with Crippen molar-refractivity contribution >= 4 is 23.1 Å². The fourth-order valence-corrected chi connectivity index (χ4v) is 3.55. The summed E-state index contributed by atoms with van der Waals surface area (Å²) in [6.45, 7) is 0. The van der Waals surface area contributed by atoms with Crippen molar-refractivity contribution in [1.29, 1.82) is 0 Å². The summed E-state index contributed by atoms with van der Waals surface area (Å²) < 4.78 is 13.7. The van der Waals surface area contributed by atoms with Gasteiger partial charge < -0.3 is 10.6 Å². The van der Waals surface area contributed by atoms with Crippen LogP contribution in [0.15, 0.2) is 48.8 Å². The van der Waals surface area contributed by atoms with Gasteiger partial charge in [-0.2, -0.15) is 9.37 Å². The van der Waals surface area contributed by atoms with Crippen LogP contribution in [0.3, 0.4) is 0 Å². The molecule has 1 aliphatic rings. The summed E-state index contributed by atoms with van der Waals surface area (Å²) in [6, 6.07) is 9.40. The van der Waals surface area contributed by atoms with E-state index in [1.54, 1.807) is 18.5 Å². The lowest BCUT2D eigenvalue weighted by Gasteiger charge is -2.23. The Morgan fingerprint density at radius 2 is 1.80 bits per heavy atom. The number of hydrogen-bond acceptors (Lipinski definition) is 7. The van der Waals surface area contributed by atoms with Crippen LogP contribution in [0.2, 0.25) is 0 Å². The number of pyridine rings is 1. The SMILES string of the molecule is O=[N+]([O-])c1cc(Nc2cc(-c3ccncc3)nc(NC3CCCCC3)n2)ccc1F. The predicted molar refractivity (Wildman–Crippen MR) is 112 cm³/mol. The van der Waals surface area contributed by atoms with Crippen molar-refractivity contribution in [3.8, 4) is 11.3 Å². The summed E-state index contributed by atoms with van der Waals surface area (Å²) in [7, 11) is 0. The lowest BCUT2D eigenvalue weighted by molar-refractivity contribution is -0.387. The second-order valence-corrected chi connectivity index (χ2v) is 7.23. The Morgan fingerprint density at radius 1 is 1.03 bits per heavy atom. The van der Waals surface area contributed by atoms with Crippen LogP contribution < -0.4 is 10.6 Å². The van der Waals surface area contributed by atoms with E-state index in [2.05, 4.69) is 25.6 Å². The third-order valence-corrected chi connectivity index (χ3v) is 5.06. The van der Waals surface area contributed by atoms with Crippen LogP contribution >= 0.6 is 0 Å². The first-order valence-electron chi connectivity index (χ1n) is 9.85. The Hall–Kier alpha value is -3.62. The Kier molecular flexibility index (Phi) is 5.78. The fraction of sp³-hybridized carbons (Fsp3) is 0.286. The minimum atomic E-state index is -0.884. The summed E-state index contributed by atoms with van der Waals surface area (Å²) >= 11 is 0. The molecule has 1 aliphatic carbocycles. The average molecular weight is 408 g/mol. The van der Waals surface area contributed by atoms with Gasteiger partial charge >= 0.3 is 5.69 Å². The van der Waals surface area contributed by atoms with Gasteiger partial charge in [0.1, 0.15) is 5.82 Å². The van der Waals surface area contributed by atoms with Gasteiger partial charge in [0, 0.05) is 41.8 Å². The monoisotopic (exact) mass is 408 g/mol. The molecule has 1 fully saturated rings. The molecule has 0 unspecified atom stereocenters. The number of rotatable bonds is 6. The molecule has 0 bridgehead atoms. The number of hydrogen-bond donors (Lipinski definition) is 2. The Labute approximate surface area is 172 Å². The minimum absolute atomic E-state index is 0.311. The molecule has 0 amide bonds. The largest absolute Gasteiger partial charge is 0.351 e. The number of aromatic nitrogens is 3. The highest BCUT2D eigenvalue weighted by molar-refractivity contribution is 5.68. The Bertz CT molecular complexity index is 1040. The van der Waals surface area contributed by atoms with Crippen LogP contribution in [0.5, 0.6) is 0 Å². The van der Waals surface area contributed by atoms with E-state index < -0.39 is 16.4 Å². The van der Waals surface area contributed by atoms with Crippen molar-refractivity contribution in [2.45, 2.75) is 38.1 Å². The van der Waals surface area contributed by atoms with E-state index in [1.165, 1.54) is 25.3 Å². The lowest BCUT2D eigenvalue weighted by Crippen LogP contribution is -2.23. The zero-order valence-electron chi connectivity index (χ0n) is 16.2. The molecule has 2 heterocycles. The smallest absolute Gasteiger partial charge is 0.306 e. The molecule has 154 valence electrons. The fourth-order valence-electron chi connectivity index (χ4n) is 3.55. The summed E-state index contributed by atoms with van der Waals surface area (Å²) in [4.78, 5) is 23.5. The number of nitrogens with zero attached hydrogens (tertiary/aromatic N) is 4. The van der Waals surface area contributed by atoms with E-state index in [0.717, 1.165) is 30.5 Å². The van der Waals surface area contributed by atoms with Crippen molar-refractivity contribution < 1.29 is 9.31 Å². The molecule has 0 aliphatic heterocycles. The molecule has 30 heavy (non-hydrogen) atoms. The van der Waals surface area contributed by atoms with Crippen LogP contribution in [0, 0.1) is 15.9 Å². The van der Waals surface area contributed by atoms with Crippen molar-refractivity contribution in [1.82, 2.24) is 15.0 Å². The van der Waals surface area contributed by atoms with Crippen molar-refractivity contribution in [3.63, 3.8) is 0 Å². The van der Waals surface area contributed by atoms with E-state index in [0.29, 0.717) is 29.2 Å². The molecule has 0 radical (unpaired) electrons.